The number of hydrogen-bond acceptors (Lipinski definition) is 1. The second-order valence-corrected chi connectivity index (χ2v) is 12.4. The van der Waals surface area contributed by atoms with Crippen molar-refractivity contribution >= 4 is 43.1 Å². The zero-order valence-electron chi connectivity index (χ0n) is 19.3. The van der Waals surface area contributed by atoms with Gasteiger partial charge in [-0.1, -0.05) is 133 Å². The van der Waals surface area contributed by atoms with E-state index in [0.717, 1.165) is 11.3 Å². The second-order valence-electron chi connectivity index (χ2n) is 7.95. The van der Waals surface area contributed by atoms with Crippen LogP contribution in [0.1, 0.15) is 5.56 Å². The quantitative estimate of drug-likeness (QED) is 0.186. The van der Waals surface area contributed by atoms with Gasteiger partial charge in [0.1, 0.15) is 0 Å². The lowest BCUT2D eigenvalue weighted by molar-refractivity contribution is 1.54. The van der Waals surface area contributed by atoms with E-state index in [-0.39, 0.29) is 0 Å². The molecule has 0 saturated heterocycles. The molecule has 5 rings (SSSR count). The Morgan fingerprint density at radius 3 is 1.17 bits per heavy atom. The van der Waals surface area contributed by atoms with Crippen molar-refractivity contribution in [2.45, 2.75) is 0 Å². The smallest absolute Gasteiger partial charge is 0.0590 e. The number of hydrogen-bond donors (Lipinski definition) is 0. The summed E-state index contributed by atoms with van der Waals surface area (Å²) in [6, 6.07) is 51.9. The molecule has 0 unspecified atom stereocenters. The molecule has 0 N–H and O–H groups in total. The van der Waals surface area contributed by atoms with Crippen molar-refractivity contribution in [3.8, 4) is 12.3 Å². The summed E-state index contributed by atoms with van der Waals surface area (Å²) in [4.78, 5) is 0. The van der Waals surface area contributed by atoms with E-state index in [1.165, 1.54) is 21.2 Å². The van der Waals surface area contributed by atoms with Gasteiger partial charge in [0.05, 0.1) is 16.1 Å². The van der Waals surface area contributed by atoms with E-state index in [4.69, 9.17) is 6.42 Å². The van der Waals surface area contributed by atoms with Crippen molar-refractivity contribution in [2.24, 2.45) is 0 Å². The van der Waals surface area contributed by atoms with Gasteiger partial charge < -0.3 is 4.44 Å². The fourth-order valence-corrected chi connectivity index (χ4v) is 10.0. The Hall–Kier alpha value is -3.68. The highest BCUT2D eigenvalue weighted by atomic mass is 31.2. The van der Waals surface area contributed by atoms with Gasteiger partial charge in [0.25, 0.3) is 0 Å². The van der Waals surface area contributed by atoms with Gasteiger partial charge in [-0.25, -0.2) is 0 Å². The van der Waals surface area contributed by atoms with Gasteiger partial charge in [-0.05, 0) is 18.2 Å². The highest BCUT2D eigenvalue weighted by Crippen LogP contribution is 2.57. The Labute approximate surface area is 210 Å². The van der Waals surface area contributed by atoms with Crippen LogP contribution in [0.4, 0.5) is 5.69 Å². The lowest BCUT2D eigenvalue weighted by Gasteiger charge is -2.40. The fourth-order valence-electron chi connectivity index (χ4n) is 4.05. The minimum atomic E-state index is -0.901. The molecule has 0 aliphatic rings. The molecule has 0 saturated carbocycles. The largest absolute Gasteiger partial charge is 0.313 e. The topological polar surface area (TPSA) is 3.24 Å². The van der Waals surface area contributed by atoms with Gasteiger partial charge in [0.15, 0.2) is 0 Å². The first kappa shape index (κ1) is 23.1. The summed E-state index contributed by atoms with van der Waals surface area (Å²) in [6.07, 6.45) is 5.86. The van der Waals surface area contributed by atoms with Crippen LogP contribution in [-0.2, 0) is 0 Å². The molecule has 168 valence electrons. The van der Waals surface area contributed by atoms with E-state index in [1.807, 2.05) is 6.07 Å². The lowest BCUT2D eigenvalue weighted by Crippen LogP contribution is -2.31. The molecule has 0 aromatic heterocycles. The van der Waals surface area contributed by atoms with Crippen LogP contribution >= 0.6 is 16.1 Å². The van der Waals surface area contributed by atoms with Crippen LogP contribution in [0.5, 0.6) is 0 Å². The van der Waals surface area contributed by atoms with E-state index < -0.39 is 16.1 Å². The van der Waals surface area contributed by atoms with Crippen molar-refractivity contribution in [1.82, 2.24) is 0 Å². The Balaban J connectivity index is 1.82. The minimum absolute atomic E-state index is 0.889. The third-order valence-corrected chi connectivity index (χ3v) is 11.1. The summed E-state index contributed by atoms with van der Waals surface area (Å²) in [7, 11) is -1.80. The molecule has 3 heteroatoms. The Morgan fingerprint density at radius 2 is 0.829 bits per heavy atom. The Bertz CT molecular complexity index is 1240. The first-order valence-corrected chi connectivity index (χ1v) is 14.1. The van der Waals surface area contributed by atoms with Crippen LogP contribution in [0, 0.1) is 12.3 Å². The predicted octanol–water partition coefficient (Wildman–Crippen LogP) is 6.57. The molecule has 5 aromatic rings. The normalized spacial score (nSPS) is 10.8. The van der Waals surface area contributed by atoms with Crippen LogP contribution in [0.2, 0.25) is 0 Å². The highest BCUT2D eigenvalue weighted by molar-refractivity contribution is 7.90. The fraction of sp³-hybridized carbons (Fsp3) is 0. The number of rotatable bonds is 7. The third kappa shape index (κ3) is 5.21. The van der Waals surface area contributed by atoms with Crippen molar-refractivity contribution < 1.29 is 0 Å². The van der Waals surface area contributed by atoms with E-state index in [2.05, 4.69) is 150 Å². The second kappa shape index (κ2) is 11.2. The monoisotopic (exact) mass is 485 g/mol. The molecule has 0 spiro atoms. The Kier molecular flexibility index (Phi) is 7.36. The van der Waals surface area contributed by atoms with Gasteiger partial charge in [-0.3, -0.25) is 0 Å². The maximum Gasteiger partial charge on any atom is 0.0590 e. The zero-order chi connectivity index (χ0) is 23.9. The van der Waals surface area contributed by atoms with Crippen LogP contribution in [0.3, 0.4) is 0 Å². The molecular weight excluding hydrogens is 460 g/mol. The summed E-state index contributed by atoms with van der Waals surface area (Å²) in [5.41, 5.74) is 2.03. The highest BCUT2D eigenvalue weighted by Gasteiger charge is 2.32. The average molecular weight is 486 g/mol. The molecule has 0 amide bonds. The van der Waals surface area contributed by atoms with E-state index >= 15 is 0 Å². The van der Waals surface area contributed by atoms with Crippen LogP contribution in [0.15, 0.2) is 146 Å². The van der Waals surface area contributed by atoms with Gasteiger partial charge in [-0.15, -0.1) is 6.42 Å². The zero-order valence-corrected chi connectivity index (χ0v) is 21.1. The Morgan fingerprint density at radius 1 is 0.457 bits per heavy atom. The van der Waals surface area contributed by atoms with Crippen molar-refractivity contribution in [2.75, 3.05) is 4.44 Å². The van der Waals surface area contributed by atoms with Gasteiger partial charge in [0, 0.05) is 32.5 Å². The standard InChI is InChI=1S/C32H25NP2/c1-2-27-16-15-17-28(26-27)33(34(29-18-7-3-8-19-29)30-20-9-4-10-21-30)35(31-22-11-5-12-23-31)32-24-13-6-14-25-32/h1,3-26H. The lowest BCUT2D eigenvalue weighted by atomic mass is 10.2. The van der Waals surface area contributed by atoms with E-state index in [9.17, 15) is 0 Å². The molecule has 0 fully saturated rings. The SMILES string of the molecule is C#Cc1cccc(N(P(c2ccccc2)c2ccccc2)P(c2ccccc2)c2ccccc2)c1. The molecule has 0 heterocycles. The molecule has 0 atom stereocenters. The molecule has 0 radical (unpaired) electrons. The van der Waals surface area contributed by atoms with Crippen molar-refractivity contribution in [3.63, 3.8) is 0 Å². The van der Waals surface area contributed by atoms with Crippen LogP contribution < -0.4 is 25.7 Å². The molecule has 0 aliphatic heterocycles. The maximum atomic E-state index is 5.86. The third-order valence-electron chi connectivity index (χ3n) is 5.63. The molecule has 1 nitrogen and oxygen atoms in total. The summed E-state index contributed by atoms with van der Waals surface area (Å²) in [5.74, 6) is 2.85. The average Bonchev–Trinajstić information content (AvgIpc) is 2.95. The number of terminal acetylenes is 1. The number of benzene rings is 5. The molecular formula is C32H25NP2. The van der Waals surface area contributed by atoms with Crippen LogP contribution in [0.25, 0.3) is 0 Å². The van der Waals surface area contributed by atoms with Gasteiger partial charge >= 0.3 is 0 Å². The summed E-state index contributed by atoms with van der Waals surface area (Å²) < 4.78 is 2.64. The van der Waals surface area contributed by atoms with E-state index in [0.29, 0.717) is 0 Å². The maximum absolute atomic E-state index is 5.86. The number of anilines is 1. The van der Waals surface area contributed by atoms with Crippen molar-refractivity contribution in [1.29, 1.82) is 0 Å². The predicted molar refractivity (Wildman–Crippen MR) is 155 cm³/mol. The van der Waals surface area contributed by atoms with E-state index in [1.54, 1.807) is 0 Å². The number of nitrogens with zero attached hydrogens (tertiary/aromatic N) is 1. The summed E-state index contributed by atoms with van der Waals surface area (Å²) in [6.45, 7) is 0. The van der Waals surface area contributed by atoms with Gasteiger partial charge in [-0.2, -0.15) is 0 Å². The summed E-state index contributed by atoms with van der Waals surface area (Å²) >= 11 is 0. The molecule has 0 aliphatic carbocycles. The first-order valence-electron chi connectivity index (χ1n) is 11.5. The summed E-state index contributed by atoms with van der Waals surface area (Å²) in [5, 5.41) is 5.22. The molecule has 35 heavy (non-hydrogen) atoms. The van der Waals surface area contributed by atoms with Crippen molar-refractivity contribution in [3.05, 3.63) is 151 Å². The molecule has 0 bridgehead atoms. The van der Waals surface area contributed by atoms with Crippen LogP contribution in [-0.4, -0.2) is 0 Å². The minimum Gasteiger partial charge on any atom is -0.313 e. The molecule has 5 aromatic carbocycles. The van der Waals surface area contributed by atoms with Gasteiger partial charge in [0.2, 0.25) is 0 Å². The first-order chi connectivity index (χ1) is 17.3.